The van der Waals surface area contributed by atoms with Gasteiger partial charge >= 0.3 is 0 Å². The first-order valence-corrected chi connectivity index (χ1v) is 8.51. The molecular weight excluding hydrogens is 270 g/mol. The molecule has 0 radical (unpaired) electrons. The van der Waals surface area contributed by atoms with Crippen LogP contribution in [0.3, 0.4) is 0 Å². The molecule has 2 unspecified atom stereocenters. The monoisotopic (exact) mass is 297 g/mol. The highest BCUT2D eigenvalue weighted by atomic mass is 15.2. The molecule has 1 N–H and O–H groups in total. The van der Waals surface area contributed by atoms with Crippen LogP contribution in [0.1, 0.15) is 51.4 Å². The topological polar surface area (TPSA) is 31.9 Å². The Morgan fingerprint density at radius 2 is 2.09 bits per heavy atom. The summed E-state index contributed by atoms with van der Waals surface area (Å²) in [7, 11) is 0. The van der Waals surface area contributed by atoms with Crippen molar-refractivity contribution in [3.63, 3.8) is 0 Å². The lowest BCUT2D eigenvalue weighted by Crippen LogP contribution is -2.34. The molecule has 2 fully saturated rings. The second-order valence-electron chi connectivity index (χ2n) is 8.82. The van der Waals surface area contributed by atoms with Gasteiger partial charge in [-0.3, -0.25) is 4.90 Å². The zero-order valence-electron chi connectivity index (χ0n) is 14.2. The number of aromatic nitrogens is 2. The van der Waals surface area contributed by atoms with Crippen LogP contribution in [0.5, 0.6) is 0 Å². The lowest BCUT2D eigenvalue weighted by atomic mass is 9.65. The van der Waals surface area contributed by atoms with Crippen molar-refractivity contribution in [3.05, 3.63) is 29.6 Å². The van der Waals surface area contributed by atoms with Crippen LogP contribution in [0.25, 0.3) is 11.0 Å². The van der Waals surface area contributed by atoms with Crippen molar-refractivity contribution in [1.82, 2.24) is 14.9 Å². The lowest BCUT2D eigenvalue weighted by Gasteiger charge is -2.39. The Morgan fingerprint density at radius 3 is 2.91 bits per heavy atom. The van der Waals surface area contributed by atoms with Gasteiger partial charge in [0.05, 0.1) is 17.6 Å². The summed E-state index contributed by atoms with van der Waals surface area (Å²) < 4.78 is 0. The normalized spacial score (nSPS) is 31.0. The summed E-state index contributed by atoms with van der Waals surface area (Å²) in [6.45, 7) is 11.7. The Balaban J connectivity index is 1.58. The molecule has 1 aliphatic heterocycles. The van der Waals surface area contributed by atoms with Crippen molar-refractivity contribution in [2.45, 2.75) is 59.5 Å². The summed E-state index contributed by atoms with van der Waals surface area (Å²) in [6.07, 6.45) is 4.03. The van der Waals surface area contributed by atoms with E-state index in [0.717, 1.165) is 23.9 Å². The van der Waals surface area contributed by atoms with Crippen LogP contribution in [-0.2, 0) is 6.54 Å². The van der Waals surface area contributed by atoms with Gasteiger partial charge in [-0.2, -0.15) is 0 Å². The molecule has 3 heteroatoms. The highest BCUT2D eigenvalue weighted by molar-refractivity contribution is 5.75. The number of hydrogen-bond donors (Lipinski definition) is 1. The number of imidazole rings is 1. The fourth-order valence-electron chi connectivity index (χ4n) is 5.21. The molecule has 1 aromatic heterocycles. The standard InChI is InChI=1S/C19H27N3/c1-13-5-6-15-16(7-13)21-17(20-15)10-22-12-19(4)9-14(22)8-18(2,3)11-19/h5-7,14H,8-12H2,1-4H3,(H,20,21). The van der Waals surface area contributed by atoms with Gasteiger partial charge in [-0.05, 0) is 54.7 Å². The number of benzene rings is 1. The summed E-state index contributed by atoms with van der Waals surface area (Å²) in [5.41, 5.74) is 4.53. The maximum atomic E-state index is 4.79. The molecule has 1 saturated heterocycles. The van der Waals surface area contributed by atoms with Gasteiger partial charge in [-0.25, -0.2) is 4.98 Å². The van der Waals surface area contributed by atoms with Crippen LogP contribution in [0.2, 0.25) is 0 Å². The average molecular weight is 297 g/mol. The van der Waals surface area contributed by atoms with Crippen LogP contribution < -0.4 is 0 Å². The number of aromatic amines is 1. The Kier molecular flexibility index (Phi) is 2.96. The highest BCUT2D eigenvalue weighted by Crippen LogP contribution is 2.52. The summed E-state index contributed by atoms with van der Waals surface area (Å²) >= 11 is 0. The van der Waals surface area contributed by atoms with E-state index in [1.54, 1.807) is 0 Å². The number of nitrogens with one attached hydrogen (secondary N) is 1. The Morgan fingerprint density at radius 1 is 1.27 bits per heavy atom. The fraction of sp³-hybridized carbons (Fsp3) is 0.632. The minimum absolute atomic E-state index is 0.484. The number of hydrogen-bond acceptors (Lipinski definition) is 2. The molecule has 4 rings (SSSR count). The van der Waals surface area contributed by atoms with Crippen LogP contribution >= 0.6 is 0 Å². The van der Waals surface area contributed by atoms with Gasteiger partial charge in [0, 0.05) is 12.6 Å². The summed E-state index contributed by atoms with van der Waals surface area (Å²) in [5, 5.41) is 0. The van der Waals surface area contributed by atoms with E-state index in [4.69, 9.17) is 4.98 Å². The van der Waals surface area contributed by atoms with E-state index < -0.39 is 0 Å². The van der Waals surface area contributed by atoms with E-state index in [1.165, 1.54) is 36.9 Å². The van der Waals surface area contributed by atoms with Crippen molar-refractivity contribution in [2.75, 3.05) is 6.54 Å². The Bertz CT molecular complexity index is 715. The van der Waals surface area contributed by atoms with Gasteiger partial charge in [-0.15, -0.1) is 0 Å². The van der Waals surface area contributed by atoms with Crippen LogP contribution in [0.15, 0.2) is 18.2 Å². The van der Waals surface area contributed by atoms with E-state index in [0.29, 0.717) is 10.8 Å². The zero-order chi connectivity index (χ0) is 15.5. The molecule has 2 heterocycles. The highest BCUT2D eigenvalue weighted by Gasteiger charge is 2.49. The summed E-state index contributed by atoms with van der Waals surface area (Å²) in [6, 6.07) is 7.18. The maximum absolute atomic E-state index is 4.79. The van der Waals surface area contributed by atoms with Crippen LogP contribution in [0, 0.1) is 17.8 Å². The minimum atomic E-state index is 0.484. The number of fused-ring (bicyclic) bond motifs is 3. The van der Waals surface area contributed by atoms with Crippen molar-refractivity contribution >= 4 is 11.0 Å². The smallest absolute Gasteiger partial charge is 0.121 e. The minimum Gasteiger partial charge on any atom is -0.341 e. The van der Waals surface area contributed by atoms with Gasteiger partial charge in [0.2, 0.25) is 0 Å². The van der Waals surface area contributed by atoms with Crippen LogP contribution in [-0.4, -0.2) is 27.5 Å². The zero-order valence-corrected chi connectivity index (χ0v) is 14.2. The molecule has 2 aliphatic rings. The van der Waals surface area contributed by atoms with E-state index in [9.17, 15) is 0 Å². The molecule has 118 valence electrons. The van der Waals surface area contributed by atoms with Crippen molar-refractivity contribution in [1.29, 1.82) is 0 Å². The number of rotatable bonds is 2. The van der Waals surface area contributed by atoms with Gasteiger partial charge in [-0.1, -0.05) is 26.8 Å². The van der Waals surface area contributed by atoms with Gasteiger partial charge in [0.1, 0.15) is 5.82 Å². The fourth-order valence-corrected chi connectivity index (χ4v) is 5.21. The van der Waals surface area contributed by atoms with Crippen molar-refractivity contribution < 1.29 is 0 Å². The van der Waals surface area contributed by atoms with Crippen molar-refractivity contribution in [3.8, 4) is 0 Å². The largest absolute Gasteiger partial charge is 0.341 e. The second-order valence-corrected chi connectivity index (χ2v) is 8.82. The number of H-pyrrole nitrogens is 1. The first-order chi connectivity index (χ1) is 10.3. The summed E-state index contributed by atoms with van der Waals surface area (Å²) in [5.74, 6) is 1.12. The third-order valence-electron chi connectivity index (χ3n) is 5.56. The number of nitrogens with zero attached hydrogens (tertiary/aromatic N) is 2. The van der Waals surface area contributed by atoms with Gasteiger partial charge in [0.25, 0.3) is 0 Å². The molecule has 1 aromatic carbocycles. The average Bonchev–Trinajstić information content (AvgIpc) is 2.86. The molecule has 2 atom stereocenters. The Hall–Kier alpha value is -1.35. The number of aryl methyl sites for hydroxylation is 1. The third-order valence-corrected chi connectivity index (χ3v) is 5.56. The Labute approximate surface area is 133 Å². The molecule has 2 bridgehead atoms. The number of likely N-dealkylation sites (tertiary alicyclic amines) is 1. The first kappa shape index (κ1) is 14.3. The predicted molar refractivity (Wildman–Crippen MR) is 90.8 cm³/mol. The van der Waals surface area contributed by atoms with E-state index in [-0.39, 0.29) is 0 Å². The summed E-state index contributed by atoms with van der Waals surface area (Å²) in [4.78, 5) is 11.0. The van der Waals surface area contributed by atoms with Gasteiger partial charge in [0.15, 0.2) is 0 Å². The molecule has 3 nitrogen and oxygen atoms in total. The van der Waals surface area contributed by atoms with E-state index in [1.807, 2.05) is 0 Å². The molecule has 22 heavy (non-hydrogen) atoms. The quantitative estimate of drug-likeness (QED) is 0.897. The second kappa shape index (κ2) is 4.58. The first-order valence-electron chi connectivity index (χ1n) is 8.51. The van der Waals surface area contributed by atoms with Crippen molar-refractivity contribution in [2.24, 2.45) is 10.8 Å². The van der Waals surface area contributed by atoms with E-state index >= 15 is 0 Å². The molecule has 0 amide bonds. The third kappa shape index (κ3) is 2.45. The van der Waals surface area contributed by atoms with Crippen LogP contribution in [0.4, 0.5) is 0 Å². The van der Waals surface area contributed by atoms with E-state index in [2.05, 4.69) is 55.8 Å². The molecule has 0 spiro atoms. The predicted octanol–water partition coefficient (Wildman–Crippen LogP) is 4.27. The molecule has 1 saturated carbocycles. The molecule has 2 aromatic rings. The maximum Gasteiger partial charge on any atom is 0.121 e. The molecule has 1 aliphatic carbocycles. The van der Waals surface area contributed by atoms with Gasteiger partial charge < -0.3 is 4.98 Å². The SMILES string of the molecule is Cc1ccc2nc(CN3CC4(C)CC3CC(C)(C)C4)[nH]c2c1. The molecular formula is C19H27N3. The lowest BCUT2D eigenvalue weighted by molar-refractivity contribution is 0.126.